The summed E-state index contributed by atoms with van der Waals surface area (Å²) in [4.78, 5) is 0. The van der Waals surface area contributed by atoms with Crippen molar-refractivity contribution in [3.63, 3.8) is 0 Å². The Bertz CT molecular complexity index is 354. The third-order valence-electron chi connectivity index (χ3n) is 3.25. The molecule has 0 heterocycles. The van der Waals surface area contributed by atoms with Crippen molar-refractivity contribution in [1.29, 1.82) is 0 Å². The smallest absolute Gasteiger partial charge is 0.0591 e. The van der Waals surface area contributed by atoms with Crippen molar-refractivity contribution in [3.8, 4) is 0 Å². The molecule has 0 saturated heterocycles. The molecule has 0 aromatic heterocycles. The van der Waals surface area contributed by atoms with E-state index in [1.165, 1.54) is 24.0 Å². The maximum atomic E-state index is 5.44. The van der Waals surface area contributed by atoms with E-state index in [0.29, 0.717) is 0 Å². The standard InChI is InChI=1S/C16H23NO/c1-2-3-11-18-12-10-17-13-14-4-6-15(7-5-14)16-8-9-16/h2,4-7,16-17H,1,3,8-13H2. The Hall–Kier alpha value is -1.12. The molecule has 0 unspecified atom stereocenters. The number of rotatable bonds is 9. The quantitative estimate of drug-likeness (QED) is 0.532. The summed E-state index contributed by atoms with van der Waals surface area (Å²) in [5.74, 6) is 0.852. The fourth-order valence-electron chi connectivity index (χ4n) is 1.97. The molecule has 0 bridgehead atoms. The van der Waals surface area contributed by atoms with Crippen molar-refractivity contribution in [3.05, 3.63) is 48.0 Å². The van der Waals surface area contributed by atoms with Crippen LogP contribution < -0.4 is 5.32 Å². The lowest BCUT2D eigenvalue weighted by molar-refractivity contribution is 0.140. The van der Waals surface area contributed by atoms with Crippen LogP contribution in [0, 0.1) is 0 Å². The van der Waals surface area contributed by atoms with Crippen LogP contribution in [0.4, 0.5) is 0 Å². The minimum Gasteiger partial charge on any atom is -0.380 e. The minimum atomic E-state index is 0.772. The summed E-state index contributed by atoms with van der Waals surface area (Å²) < 4.78 is 5.44. The topological polar surface area (TPSA) is 21.3 Å². The fraction of sp³-hybridized carbons (Fsp3) is 0.500. The largest absolute Gasteiger partial charge is 0.380 e. The number of benzene rings is 1. The number of hydrogen-bond acceptors (Lipinski definition) is 2. The Morgan fingerprint density at radius 2 is 2.00 bits per heavy atom. The molecule has 0 amide bonds. The maximum absolute atomic E-state index is 5.44. The van der Waals surface area contributed by atoms with Gasteiger partial charge < -0.3 is 10.1 Å². The molecule has 2 rings (SSSR count). The van der Waals surface area contributed by atoms with E-state index in [0.717, 1.165) is 38.6 Å². The first-order valence-corrected chi connectivity index (χ1v) is 6.88. The molecule has 2 heteroatoms. The Morgan fingerprint density at radius 1 is 1.22 bits per heavy atom. The molecule has 1 aromatic rings. The average Bonchev–Trinajstić information content (AvgIpc) is 3.23. The van der Waals surface area contributed by atoms with Gasteiger partial charge in [0.1, 0.15) is 0 Å². The van der Waals surface area contributed by atoms with Gasteiger partial charge >= 0.3 is 0 Å². The van der Waals surface area contributed by atoms with E-state index in [1.54, 1.807) is 0 Å². The molecule has 2 nitrogen and oxygen atoms in total. The van der Waals surface area contributed by atoms with Crippen LogP contribution >= 0.6 is 0 Å². The van der Waals surface area contributed by atoms with E-state index in [2.05, 4.69) is 36.2 Å². The molecule has 0 spiro atoms. The summed E-state index contributed by atoms with van der Waals surface area (Å²) in [6, 6.07) is 9.02. The van der Waals surface area contributed by atoms with Gasteiger partial charge in [-0.15, -0.1) is 6.58 Å². The van der Waals surface area contributed by atoms with Crippen LogP contribution in [0.3, 0.4) is 0 Å². The SMILES string of the molecule is C=CCCOCCNCc1ccc(C2CC2)cc1. The average molecular weight is 245 g/mol. The van der Waals surface area contributed by atoms with Gasteiger partial charge in [0.2, 0.25) is 0 Å². The van der Waals surface area contributed by atoms with Crippen LogP contribution in [0.15, 0.2) is 36.9 Å². The van der Waals surface area contributed by atoms with Crippen molar-refractivity contribution >= 4 is 0 Å². The van der Waals surface area contributed by atoms with Crippen LogP contribution in [0.1, 0.15) is 36.3 Å². The molecule has 1 saturated carbocycles. The molecule has 0 aliphatic heterocycles. The van der Waals surface area contributed by atoms with E-state index in [9.17, 15) is 0 Å². The number of ether oxygens (including phenoxy) is 1. The summed E-state index contributed by atoms with van der Waals surface area (Å²) in [7, 11) is 0. The first-order valence-electron chi connectivity index (χ1n) is 6.88. The zero-order valence-corrected chi connectivity index (χ0v) is 11.0. The lowest BCUT2D eigenvalue weighted by Gasteiger charge is -2.06. The van der Waals surface area contributed by atoms with Gasteiger partial charge in [0.05, 0.1) is 13.2 Å². The predicted octanol–water partition coefficient (Wildman–Crippen LogP) is 3.25. The first-order chi connectivity index (χ1) is 8.90. The van der Waals surface area contributed by atoms with E-state index < -0.39 is 0 Å². The van der Waals surface area contributed by atoms with Gasteiger partial charge in [-0.25, -0.2) is 0 Å². The molecule has 1 aliphatic rings. The zero-order chi connectivity index (χ0) is 12.6. The lowest BCUT2D eigenvalue weighted by atomic mass is 10.1. The summed E-state index contributed by atoms with van der Waals surface area (Å²) in [5.41, 5.74) is 2.86. The normalized spacial score (nSPS) is 14.7. The second kappa shape index (κ2) is 7.34. The number of hydrogen-bond donors (Lipinski definition) is 1. The van der Waals surface area contributed by atoms with Gasteiger partial charge in [-0.2, -0.15) is 0 Å². The second-order valence-corrected chi connectivity index (χ2v) is 4.88. The van der Waals surface area contributed by atoms with Crippen LogP contribution in [0.5, 0.6) is 0 Å². The van der Waals surface area contributed by atoms with Crippen molar-refractivity contribution < 1.29 is 4.74 Å². The molecule has 0 radical (unpaired) electrons. The van der Waals surface area contributed by atoms with Crippen molar-refractivity contribution in [2.45, 2.75) is 31.7 Å². The van der Waals surface area contributed by atoms with Gasteiger partial charge in [-0.3, -0.25) is 0 Å². The van der Waals surface area contributed by atoms with E-state index in [1.807, 2.05) is 6.08 Å². The monoisotopic (exact) mass is 245 g/mol. The molecule has 1 aromatic carbocycles. The summed E-state index contributed by atoms with van der Waals surface area (Å²) in [5, 5.41) is 3.39. The predicted molar refractivity (Wildman–Crippen MR) is 75.8 cm³/mol. The van der Waals surface area contributed by atoms with Gasteiger partial charge in [0.25, 0.3) is 0 Å². The van der Waals surface area contributed by atoms with Crippen LogP contribution in [-0.4, -0.2) is 19.8 Å². The zero-order valence-electron chi connectivity index (χ0n) is 11.0. The number of nitrogens with one attached hydrogen (secondary N) is 1. The summed E-state index contributed by atoms with van der Waals surface area (Å²) in [6.45, 7) is 7.04. The summed E-state index contributed by atoms with van der Waals surface area (Å²) in [6.07, 6.45) is 5.57. The molecular weight excluding hydrogens is 222 g/mol. The highest BCUT2D eigenvalue weighted by atomic mass is 16.5. The third-order valence-corrected chi connectivity index (χ3v) is 3.25. The van der Waals surface area contributed by atoms with Crippen LogP contribution in [-0.2, 0) is 11.3 Å². The second-order valence-electron chi connectivity index (χ2n) is 4.88. The van der Waals surface area contributed by atoms with Gasteiger partial charge in [-0.05, 0) is 36.3 Å². The molecule has 1 N–H and O–H groups in total. The van der Waals surface area contributed by atoms with Crippen molar-refractivity contribution in [1.82, 2.24) is 5.32 Å². The molecule has 18 heavy (non-hydrogen) atoms. The summed E-state index contributed by atoms with van der Waals surface area (Å²) >= 11 is 0. The fourth-order valence-corrected chi connectivity index (χ4v) is 1.97. The Kier molecular flexibility index (Phi) is 5.43. The van der Waals surface area contributed by atoms with Gasteiger partial charge in [-0.1, -0.05) is 30.3 Å². The van der Waals surface area contributed by atoms with E-state index >= 15 is 0 Å². The van der Waals surface area contributed by atoms with E-state index in [-0.39, 0.29) is 0 Å². The van der Waals surface area contributed by atoms with Crippen LogP contribution in [0.25, 0.3) is 0 Å². The maximum Gasteiger partial charge on any atom is 0.0591 e. The van der Waals surface area contributed by atoms with Gasteiger partial charge in [0, 0.05) is 13.1 Å². The van der Waals surface area contributed by atoms with Crippen LogP contribution in [0.2, 0.25) is 0 Å². The Morgan fingerprint density at radius 3 is 2.67 bits per heavy atom. The Labute approximate surface area is 110 Å². The highest BCUT2D eigenvalue weighted by molar-refractivity contribution is 5.27. The molecule has 0 atom stereocenters. The molecule has 1 aliphatic carbocycles. The van der Waals surface area contributed by atoms with E-state index in [4.69, 9.17) is 4.74 Å². The molecular formula is C16H23NO. The third kappa shape index (κ3) is 4.63. The first kappa shape index (κ1) is 13.3. The van der Waals surface area contributed by atoms with Gasteiger partial charge in [0.15, 0.2) is 0 Å². The highest BCUT2D eigenvalue weighted by Crippen LogP contribution is 2.39. The van der Waals surface area contributed by atoms with Crippen molar-refractivity contribution in [2.24, 2.45) is 0 Å². The molecule has 98 valence electrons. The van der Waals surface area contributed by atoms with Crippen molar-refractivity contribution in [2.75, 3.05) is 19.8 Å². The Balaban J connectivity index is 1.56. The molecule has 1 fully saturated rings. The highest BCUT2D eigenvalue weighted by Gasteiger charge is 2.22. The minimum absolute atomic E-state index is 0.772. The lowest BCUT2D eigenvalue weighted by Crippen LogP contribution is -2.19.